The van der Waals surface area contributed by atoms with Crippen molar-refractivity contribution in [2.75, 3.05) is 19.8 Å². The topological polar surface area (TPSA) is 75.7 Å². The van der Waals surface area contributed by atoms with Gasteiger partial charge in [-0.1, -0.05) is 0 Å². The highest BCUT2D eigenvalue weighted by atomic mass is 16.5. The number of nitrogens with zero attached hydrogens (tertiary/aromatic N) is 3. The lowest BCUT2D eigenvalue weighted by molar-refractivity contribution is 0.0746. The van der Waals surface area contributed by atoms with Crippen LogP contribution in [0, 0.1) is 0 Å². The second kappa shape index (κ2) is 3.56. The van der Waals surface area contributed by atoms with E-state index in [4.69, 9.17) is 4.74 Å². The minimum atomic E-state index is 0.132. The van der Waals surface area contributed by atoms with Crippen LogP contribution in [0.2, 0.25) is 0 Å². The molecule has 1 atom stereocenters. The molecule has 2 aromatic rings. The maximum atomic E-state index is 5.37. The van der Waals surface area contributed by atoms with Gasteiger partial charge in [0, 0.05) is 6.54 Å². The Kier molecular flexibility index (Phi) is 2.08. The van der Waals surface area contributed by atoms with Crippen LogP contribution in [0.15, 0.2) is 12.3 Å². The first kappa shape index (κ1) is 8.75. The van der Waals surface area contributed by atoms with Crippen molar-refractivity contribution in [3.05, 3.63) is 18.1 Å². The zero-order valence-corrected chi connectivity index (χ0v) is 8.10. The third-order valence-electron chi connectivity index (χ3n) is 2.44. The lowest BCUT2D eigenvalue weighted by Crippen LogP contribution is -2.35. The maximum absolute atomic E-state index is 5.37. The summed E-state index contributed by atoms with van der Waals surface area (Å²) in [5, 5.41) is 11.1. The van der Waals surface area contributed by atoms with Gasteiger partial charge in [-0.2, -0.15) is 5.10 Å². The molecule has 0 bridgehead atoms. The monoisotopic (exact) mass is 205 g/mol. The second-order valence-corrected chi connectivity index (χ2v) is 3.47. The number of H-pyrrole nitrogens is 1. The summed E-state index contributed by atoms with van der Waals surface area (Å²) < 4.78 is 5.37. The van der Waals surface area contributed by atoms with Crippen molar-refractivity contribution in [3.8, 4) is 0 Å². The molecule has 0 aliphatic carbocycles. The lowest BCUT2D eigenvalue weighted by atomic mass is 10.3. The highest BCUT2D eigenvalue weighted by Gasteiger charge is 2.18. The van der Waals surface area contributed by atoms with Gasteiger partial charge in [0.2, 0.25) is 0 Å². The van der Waals surface area contributed by atoms with E-state index >= 15 is 0 Å². The molecule has 1 saturated heterocycles. The van der Waals surface area contributed by atoms with Gasteiger partial charge < -0.3 is 15.0 Å². The molecule has 78 valence electrons. The largest absolute Gasteiger partial charge is 0.378 e. The summed E-state index contributed by atoms with van der Waals surface area (Å²) in [6.45, 7) is 2.26. The summed E-state index contributed by atoms with van der Waals surface area (Å²) in [7, 11) is 0. The van der Waals surface area contributed by atoms with Crippen LogP contribution >= 0.6 is 0 Å². The number of aromatic amines is 1. The quantitative estimate of drug-likeness (QED) is 0.686. The van der Waals surface area contributed by atoms with Crippen molar-refractivity contribution in [1.29, 1.82) is 0 Å². The molecular weight excluding hydrogens is 194 g/mol. The number of fused-ring (bicyclic) bond motifs is 1. The molecule has 0 saturated carbocycles. The highest BCUT2D eigenvalue weighted by Crippen LogP contribution is 2.15. The van der Waals surface area contributed by atoms with E-state index < -0.39 is 0 Å². The molecule has 3 rings (SSSR count). The Morgan fingerprint density at radius 2 is 2.47 bits per heavy atom. The van der Waals surface area contributed by atoms with Gasteiger partial charge in [-0.05, 0) is 6.07 Å². The van der Waals surface area contributed by atoms with Crippen molar-refractivity contribution in [2.45, 2.75) is 6.04 Å². The predicted octanol–water partition coefficient (Wildman–Crippen LogP) is 0.0138. The zero-order chi connectivity index (χ0) is 10.1. The molecule has 2 N–H and O–H groups in total. The van der Waals surface area contributed by atoms with E-state index in [2.05, 4.69) is 25.5 Å². The van der Waals surface area contributed by atoms with E-state index in [1.54, 1.807) is 6.20 Å². The van der Waals surface area contributed by atoms with Gasteiger partial charge in [-0.3, -0.25) is 0 Å². The average molecular weight is 205 g/mol. The predicted molar refractivity (Wildman–Crippen MR) is 53.2 cm³/mol. The highest BCUT2D eigenvalue weighted by molar-refractivity contribution is 5.69. The molecule has 2 aromatic heterocycles. The molecule has 15 heavy (non-hydrogen) atoms. The molecule has 1 aliphatic heterocycles. The number of aromatic nitrogens is 4. The summed E-state index contributed by atoms with van der Waals surface area (Å²) in [6, 6.07) is 2.00. The molecule has 0 spiro atoms. The van der Waals surface area contributed by atoms with Crippen LogP contribution in [-0.4, -0.2) is 39.9 Å². The third-order valence-corrected chi connectivity index (χ3v) is 2.44. The van der Waals surface area contributed by atoms with Gasteiger partial charge in [0.15, 0.2) is 5.65 Å². The fourth-order valence-electron chi connectivity index (χ4n) is 1.69. The Labute approximate surface area is 86.1 Å². The molecule has 6 nitrogen and oxygen atoms in total. The van der Waals surface area contributed by atoms with E-state index in [1.807, 2.05) is 6.07 Å². The van der Waals surface area contributed by atoms with Gasteiger partial charge in [-0.15, -0.1) is 5.10 Å². The van der Waals surface area contributed by atoms with Crippen molar-refractivity contribution in [3.63, 3.8) is 0 Å². The summed E-state index contributed by atoms with van der Waals surface area (Å²) >= 11 is 0. The second-order valence-electron chi connectivity index (χ2n) is 3.47. The summed E-state index contributed by atoms with van der Waals surface area (Å²) in [6.07, 6.45) is 1.65. The van der Waals surface area contributed by atoms with Crippen LogP contribution in [0.25, 0.3) is 11.2 Å². The molecule has 0 radical (unpaired) electrons. The first-order valence-electron chi connectivity index (χ1n) is 4.92. The average Bonchev–Trinajstić information content (AvgIpc) is 2.74. The maximum Gasteiger partial charge on any atom is 0.199 e. The molecule has 1 aliphatic rings. The lowest BCUT2D eigenvalue weighted by Gasteiger charge is -2.21. The van der Waals surface area contributed by atoms with Crippen LogP contribution in [0.1, 0.15) is 11.9 Å². The molecule has 6 heteroatoms. The Balaban J connectivity index is 1.96. The third kappa shape index (κ3) is 1.57. The Morgan fingerprint density at radius 3 is 3.27 bits per heavy atom. The van der Waals surface area contributed by atoms with Gasteiger partial charge in [0.1, 0.15) is 5.82 Å². The van der Waals surface area contributed by atoms with E-state index in [9.17, 15) is 0 Å². The van der Waals surface area contributed by atoms with Crippen molar-refractivity contribution < 1.29 is 4.74 Å². The molecular formula is C9H11N5O. The molecule has 0 aromatic carbocycles. The zero-order valence-electron chi connectivity index (χ0n) is 8.10. The van der Waals surface area contributed by atoms with E-state index in [0.717, 1.165) is 24.5 Å². The Bertz CT molecular complexity index is 429. The van der Waals surface area contributed by atoms with Gasteiger partial charge in [0.25, 0.3) is 0 Å². The number of nitrogens with one attached hydrogen (secondary N) is 2. The number of rotatable bonds is 1. The van der Waals surface area contributed by atoms with Crippen LogP contribution < -0.4 is 5.32 Å². The number of hydrogen-bond donors (Lipinski definition) is 2. The summed E-state index contributed by atoms with van der Waals surface area (Å²) in [5.74, 6) is 0.866. The molecule has 0 amide bonds. The van der Waals surface area contributed by atoms with Crippen molar-refractivity contribution >= 4 is 11.2 Å². The number of imidazole rings is 1. The molecule has 3 heterocycles. The Morgan fingerprint density at radius 1 is 1.47 bits per heavy atom. The number of hydrogen-bond acceptors (Lipinski definition) is 5. The minimum absolute atomic E-state index is 0.132. The fourth-order valence-corrected chi connectivity index (χ4v) is 1.69. The SMILES string of the molecule is c1cc2[nH]c(C3COCCN3)nc2nn1. The van der Waals surface area contributed by atoms with Crippen LogP contribution in [0.4, 0.5) is 0 Å². The van der Waals surface area contributed by atoms with Gasteiger partial charge in [-0.25, -0.2) is 4.98 Å². The molecule has 1 unspecified atom stereocenters. The van der Waals surface area contributed by atoms with Crippen LogP contribution in [0.5, 0.6) is 0 Å². The van der Waals surface area contributed by atoms with Crippen LogP contribution in [0.3, 0.4) is 0 Å². The fraction of sp³-hybridized carbons (Fsp3) is 0.444. The normalized spacial score (nSPS) is 22.0. The summed E-state index contributed by atoms with van der Waals surface area (Å²) in [4.78, 5) is 7.57. The van der Waals surface area contributed by atoms with E-state index in [0.29, 0.717) is 12.3 Å². The van der Waals surface area contributed by atoms with E-state index in [1.165, 1.54) is 0 Å². The number of morpholine rings is 1. The van der Waals surface area contributed by atoms with Crippen molar-refractivity contribution in [1.82, 2.24) is 25.5 Å². The standard InChI is InChI=1S/C9H11N5O/c1-2-11-14-9-6(1)12-8(13-9)7-5-15-4-3-10-7/h1-2,7,10H,3-5H2,(H,12,13,14). The molecule has 1 fully saturated rings. The summed E-state index contributed by atoms with van der Waals surface area (Å²) in [5.41, 5.74) is 1.56. The smallest absolute Gasteiger partial charge is 0.199 e. The minimum Gasteiger partial charge on any atom is -0.378 e. The first-order chi connectivity index (χ1) is 7.43. The van der Waals surface area contributed by atoms with Gasteiger partial charge in [0.05, 0.1) is 31.0 Å². The number of ether oxygens (including phenoxy) is 1. The van der Waals surface area contributed by atoms with E-state index in [-0.39, 0.29) is 6.04 Å². The van der Waals surface area contributed by atoms with Crippen molar-refractivity contribution in [2.24, 2.45) is 0 Å². The Hall–Kier alpha value is -1.53. The van der Waals surface area contributed by atoms with Gasteiger partial charge >= 0.3 is 0 Å². The van der Waals surface area contributed by atoms with Crippen LogP contribution in [-0.2, 0) is 4.74 Å². The first-order valence-corrected chi connectivity index (χ1v) is 4.92.